The van der Waals surface area contributed by atoms with Crippen LogP contribution in [0.2, 0.25) is 0 Å². The molecule has 24 heteroatoms. The number of hydrogen-bond donors (Lipinski definition) is 9. The van der Waals surface area contributed by atoms with E-state index in [0.717, 1.165) is 17.0 Å². The summed E-state index contributed by atoms with van der Waals surface area (Å²) in [6, 6.07) is 0. The Morgan fingerprint density at radius 1 is 1.26 bits per heavy atom. The van der Waals surface area contributed by atoms with Crippen LogP contribution in [0.3, 0.4) is 0 Å². The number of nitrogens with two attached hydrogens (primary N) is 1. The molecule has 2 aliphatic heterocycles. The Bertz CT molecular complexity index is 1490. The lowest BCUT2D eigenvalue weighted by molar-refractivity contribution is -0.287. The number of nitrogen functional groups attached to an aromatic ring is 1. The Hall–Kier alpha value is -1.87. The summed E-state index contributed by atoms with van der Waals surface area (Å²) in [5.74, 6) is -1.78. The number of aliphatic hydroxyl groups excluding tert-OH is 5. The molecular formula is C19H25F2N5O14P2S. The van der Waals surface area contributed by atoms with Gasteiger partial charge in [-0.25, -0.2) is 32.1 Å². The van der Waals surface area contributed by atoms with Crippen LogP contribution in [-0.4, -0.2) is 128 Å². The zero-order valence-corrected chi connectivity index (χ0v) is 23.8. The van der Waals surface area contributed by atoms with Crippen LogP contribution < -0.4 is 5.73 Å². The van der Waals surface area contributed by atoms with Crippen molar-refractivity contribution >= 4 is 37.8 Å². The molecule has 0 aliphatic carbocycles. The van der Waals surface area contributed by atoms with Crippen LogP contribution in [0.4, 0.5) is 14.6 Å². The number of alkyl halides is 2. The van der Waals surface area contributed by atoms with Gasteiger partial charge < -0.3 is 60.2 Å². The molecule has 12 atom stereocenters. The molecule has 0 bridgehead atoms. The minimum absolute atomic E-state index is 0.0423. The molecule has 2 aliphatic rings. The van der Waals surface area contributed by atoms with Crippen molar-refractivity contribution in [2.45, 2.75) is 60.5 Å². The number of ether oxygens (including phenoxy) is 2. The van der Waals surface area contributed by atoms with E-state index in [1.807, 2.05) is 0 Å². The van der Waals surface area contributed by atoms with Gasteiger partial charge in [-0.1, -0.05) is 5.92 Å². The Morgan fingerprint density at radius 3 is 2.56 bits per heavy atom. The van der Waals surface area contributed by atoms with Gasteiger partial charge in [-0.05, 0) is 11.8 Å². The Kier molecular flexibility index (Phi) is 9.61. The molecule has 0 saturated carbocycles. The van der Waals surface area contributed by atoms with Gasteiger partial charge in [0.1, 0.15) is 43.5 Å². The molecule has 0 aromatic carbocycles. The summed E-state index contributed by atoms with van der Waals surface area (Å²) in [5.41, 5.74) is 2.64. The second-order valence-electron chi connectivity index (χ2n) is 9.26. The molecule has 2 fully saturated rings. The molecule has 19 nitrogen and oxygen atoms in total. The highest BCUT2D eigenvalue weighted by atomic mass is 32.5. The third-order valence-corrected chi connectivity index (χ3v) is 9.90. The summed E-state index contributed by atoms with van der Waals surface area (Å²) in [5, 5.41) is 64.1. The van der Waals surface area contributed by atoms with Gasteiger partial charge >= 0.3 is 14.5 Å². The number of phosphoric ester groups is 1. The molecule has 4 rings (SSSR count). The minimum Gasteiger partial charge on any atom is -0.393 e. The minimum atomic E-state index is -5.68. The first-order valence-electron chi connectivity index (χ1n) is 11.7. The monoisotopic (exact) mass is 679 g/mol. The van der Waals surface area contributed by atoms with Crippen molar-refractivity contribution < 1.29 is 76.6 Å². The zero-order chi connectivity index (χ0) is 32.1. The lowest BCUT2D eigenvalue weighted by Crippen LogP contribution is -2.60. The molecule has 2 saturated heterocycles. The highest BCUT2D eigenvalue weighted by Gasteiger charge is 2.65. The number of terminal acetylenes is 1. The maximum Gasteiger partial charge on any atom is 0.481 e. The van der Waals surface area contributed by atoms with Gasteiger partial charge in [-0.2, -0.15) is 5.10 Å². The van der Waals surface area contributed by atoms with Crippen molar-refractivity contribution in [2.75, 3.05) is 18.9 Å². The highest BCUT2D eigenvalue weighted by Crippen LogP contribution is 2.62. The molecule has 43 heavy (non-hydrogen) atoms. The standard InChI is InChI=1S/C19H25F2N5O14P2S/c1-2-18(32)13(8-3-23-15-14(22)24-6-25-26(8)15)38-19(21,17(18)31)5-36-42(35,43)40-41(33,34)39-16-11(30)9(28)10(29)12(37-16)7(20)4-27/h1,3,6-7,9-13,16-17,27-32H,4-5H2,(H,33,34)(H,35,43)(H2,22,24,25)/t7-,9?,10?,11?,12?,13-,16?,17-,18-,19+,42?/m0/s1. The van der Waals surface area contributed by atoms with Crippen molar-refractivity contribution in [3.05, 3.63) is 18.2 Å². The summed E-state index contributed by atoms with van der Waals surface area (Å²) in [6.45, 7) is -7.85. The summed E-state index contributed by atoms with van der Waals surface area (Å²) < 4.78 is 66.9. The fourth-order valence-electron chi connectivity index (χ4n) is 4.24. The number of rotatable bonds is 10. The predicted molar refractivity (Wildman–Crippen MR) is 136 cm³/mol. The smallest absolute Gasteiger partial charge is 0.393 e. The number of phosphoric acid groups is 1. The Labute approximate surface area is 244 Å². The maximum absolute atomic E-state index is 15.9. The molecule has 4 heterocycles. The van der Waals surface area contributed by atoms with Gasteiger partial charge in [0.25, 0.3) is 5.85 Å². The van der Waals surface area contributed by atoms with Crippen molar-refractivity contribution in [3.63, 3.8) is 0 Å². The molecule has 0 radical (unpaired) electrons. The first kappa shape index (κ1) is 34.0. The fraction of sp³-hybridized carbons (Fsp3) is 0.632. The molecule has 10 N–H and O–H groups in total. The number of nitrogens with zero attached hydrogens (tertiary/aromatic N) is 4. The number of fused-ring (bicyclic) bond motifs is 1. The van der Waals surface area contributed by atoms with Gasteiger partial charge in [-0.15, -0.1) is 6.42 Å². The van der Waals surface area contributed by atoms with E-state index >= 15 is 4.39 Å². The van der Waals surface area contributed by atoms with E-state index in [4.69, 9.17) is 31.3 Å². The summed E-state index contributed by atoms with van der Waals surface area (Å²) in [6.07, 6.45) is -10.5. The topological polar surface area (TPSA) is 294 Å². The quantitative estimate of drug-likeness (QED) is 0.0876. The van der Waals surface area contributed by atoms with E-state index in [1.165, 1.54) is 0 Å². The van der Waals surface area contributed by atoms with E-state index in [2.05, 4.69) is 35.7 Å². The van der Waals surface area contributed by atoms with Crippen LogP contribution >= 0.6 is 14.5 Å². The van der Waals surface area contributed by atoms with Crippen molar-refractivity contribution in [3.8, 4) is 12.3 Å². The number of hydrogen-bond acceptors (Lipinski definition) is 17. The van der Waals surface area contributed by atoms with Crippen LogP contribution in [0.1, 0.15) is 11.8 Å². The largest absolute Gasteiger partial charge is 0.481 e. The molecule has 7 unspecified atom stereocenters. The molecule has 0 amide bonds. The lowest BCUT2D eigenvalue weighted by atomic mass is 9.89. The van der Waals surface area contributed by atoms with E-state index in [0.29, 0.717) is 0 Å². The number of aromatic nitrogens is 4. The number of aliphatic hydroxyl groups is 6. The van der Waals surface area contributed by atoms with E-state index in [9.17, 15) is 44.3 Å². The van der Waals surface area contributed by atoms with Gasteiger partial charge in [0.2, 0.25) is 0 Å². The first-order valence-corrected chi connectivity index (χ1v) is 15.8. The summed E-state index contributed by atoms with van der Waals surface area (Å²) in [4.78, 5) is 28.0. The van der Waals surface area contributed by atoms with Gasteiger partial charge in [0, 0.05) is 0 Å². The Balaban J connectivity index is 1.48. The lowest BCUT2D eigenvalue weighted by Gasteiger charge is -2.41. The molecule has 0 spiro atoms. The first-order chi connectivity index (χ1) is 19.9. The maximum atomic E-state index is 15.9. The third kappa shape index (κ3) is 6.45. The van der Waals surface area contributed by atoms with E-state index < -0.39 is 88.3 Å². The van der Waals surface area contributed by atoms with Crippen molar-refractivity contribution in [2.24, 2.45) is 0 Å². The van der Waals surface area contributed by atoms with Crippen LogP contribution in [0.15, 0.2) is 12.5 Å². The van der Waals surface area contributed by atoms with Crippen LogP contribution in [-0.2, 0) is 39.2 Å². The summed E-state index contributed by atoms with van der Waals surface area (Å²) >= 11 is 4.58. The molecular weight excluding hydrogens is 654 g/mol. The third-order valence-electron chi connectivity index (χ3n) is 6.40. The second-order valence-corrected chi connectivity index (χ2v) is 13.6. The number of anilines is 1. The van der Waals surface area contributed by atoms with Gasteiger partial charge in [0.05, 0.1) is 18.5 Å². The zero-order valence-electron chi connectivity index (χ0n) is 21.2. The predicted octanol–water partition coefficient (Wildman–Crippen LogP) is -3.33. The van der Waals surface area contributed by atoms with Gasteiger partial charge in [-0.3, -0.25) is 4.52 Å². The highest BCUT2D eigenvalue weighted by molar-refractivity contribution is 8.08. The van der Waals surface area contributed by atoms with Crippen molar-refractivity contribution in [1.29, 1.82) is 0 Å². The summed E-state index contributed by atoms with van der Waals surface area (Å²) in [7, 11) is -5.68. The van der Waals surface area contributed by atoms with E-state index in [1.54, 1.807) is 5.92 Å². The van der Waals surface area contributed by atoms with Crippen molar-refractivity contribution in [1.82, 2.24) is 19.6 Å². The second kappa shape index (κ2) is 12.1. The molecule has 2 aromatic heterocycles. The van der Waals surface area contributed by atoms with Crippen LogP contribution in [0.5, 0.6) is 0 Å². The Morgan fingerprint density at radius 2 is 1.93 bits per heavy atom. The average molecular weight is 679 g/mol. The normalized spacial score (nSPS) is 38.3. The van der Waals surface area contributed by atoms with Crippen LogP contribution in [0, 0.1) is 12.3 Å². The van der Waals surface area contributed by atoms with Crippen LogP contribution in [0.25, 0.3) is 5.65 Å². The SMILES string of the molecule is C#C[C@]1(O)[C@H](c2cnc3c(N)ncnn23)O[C@](F)(COP(O)(=S)OP(=O)(O)OC2OC([C@@H](F)CO)C(O)C(O)C2O)[C@H]1O. The molecule has 2 aromatic rings. The molecule has 240 valence electrons. The van der Waals surface area contributed by atoms with Gasteiger partial charge in [0.15, 0.2) is 35.6 Å². The number of halogens is 2. The average Bonchev–Trinajstić information content (AvgIpc) is 3.46. The van der Waals surface area contributed by atoms with E-state index in [-0.39, 0.29) is 17.2 Å². The number of imidazole rings is 1. The fourth-order valence-corrected chi connectivity index (χ4v) is 7.32.